The Balaban J connectivity index is 2.18. The third-order valence-electron chi connectivity index (χ3n) is 3.71. The van der Waals surface area contributed by atoms with E-state index in [-0.39, 0.29) is 0 Å². The average molecular weight is 229 g/mol. The molecule has 1 aliphatic heterocycles. The molecule has 1 fully saturated rings. The predicted molar refractivity (Wildman–Crippen MR) is 70.0 cm³/mol. The van der Waals surface area contributed by atoms with Gasteiger partial charge in [-0.1, -0.05) is 19.4 Å². The maximum absolute atomic E-state index is 8.93. The first-order chi connectivity index (χ1) is 8.26. The Morgan fingerprint density at radius 3 is 3.00 bits per heavy atom. The average Bonchev–Trinajstić information content (AvgIpc) is 2.86. The SMILES string of the molecule is CCC1CNCC1N(C)c1cccc(C#N)c1. The van der Waals surface area contributed by atoms with Crippen molar-refractivity contribution in [2.75, 3.05) is 25.0 Å². The van der Waals surface area contributed by atoms with Gasteiger partial charge in [0.05, 0.1) is 11.6 Å². The van der Waals surface area contributed by atoms with Crippen molar-refractivity contribution < 1.29 is 0 Å². The van der Waals surface area contributed by atoms with Gasteiger partial charge in [0.25, 0.3) is 0 Å². The van der Waals surface area contributed by atoms with Crippen LogP contribution in [0.25, 0.3) is 0 Å². The Hall–Kier alpha value is -1.53. The van der Waals surface area contributed by atoms with E-state index in [0.717, 1.165) is 24.3 Å². The van der Waals surface area contributed by atoms with E-state index in [9.17, 15) is 0 Å². The molecule has 1 aromatic carbocycles. The normalized spacial score (nSPS) is 23.4. The molecule has 90 valence electrons. The zero-order valence-corrected chi connectivity index (χ0v) is 10.5. The molecule has 1 aliphatic rings. The molecule has 3 heteroatoms. The third-order valence-corrected chi connectivity index (χ3v) is 3.71. The number of rotatable bonds is 3. The van der Waals surface area contributed by atoms with Crippen molar-refractivity contribution >= 4 is 5.69 Å². The van der Waals surface area contributed by atoms with Gasteiger partial charge in [-0.25, -0.2) is 0 Å². The van der Waals surface area contributed by atoms with E-state index in [2.05, 4.69) is 36.3 Å². The van der Waals surface area contributed by atoms with Gasteiger partial charge in [0.15, 0.2) is 0 Å². The lowest BCUT2D eigenvalue weighted by atomic mass is 9.99. The van der Waals surface area contributed by atoms with E-state index in [1.807, 2.05) is 18.2 Å². The van der Waals surface area contributed by atoms with Gasteiger partial charge in [-0.05, 0) is 24.1 Å². The molecular formula is C14H19N3. The van der Waals surface area contributed by atoms with Crippen LogP contribution in [0, 0.1) is 17.2 Å². The van der Waals surface area contributed by atoms with Crippen molar-refractivity contribution in [3.8, 4) is 6.07 Å². The summed E-state index contributed by atoms with van der Waals surface area (Å²) in [7, 11) is 2.12. The lowest BCUT2D eigenvalue weighted by Gasteiger charge is -2.30. The Morgan fingerprint density at radius 1 is 1.47 bits per heavy atom. The number of nitrogens with one attached hydrogen (secondary N) is 1. The molecule has 1 heterocycles. The molecule has 3 nitrogen and oxygen atoms in total. The third kappa shape index (κ3) is 2.42. The van der Waals surface area contributed by atoms with Crippen molar-refractivity contribution in [1.29, 1.82) is 5.26 Å². The standard InChI is InChI=1S/C14H19N3/c1-3-12-9-16-10-14(12)17(2)13-6-4-5-11(7-13)8-15/h4-7,12,14,16H,3,9-10H2,1-2H3. The van der Waals surface area contributed by atoms with Crippen LogP contribution in [0.15, 0.2) is 24.3 Å². The first kappa shape index (κ1) is 11.9. The zero-order chi connectivity index (χ0) is 12.3. The van der Waals surface area contributed by atoms with Crippen LogP contribution >= 0.6 is 0 Å². The summed E-state index contributed by atoms with van der Waals surface area (Å²) in [6.45, 7) is 4.37. The van der Waals surface area contributed by atoms with Crippen molar-refractivity contribution in [2.24, 2.45) is 5.92 Å². The second-order valence-electron chi connectivity index (χ2n) is 4.67. The van der Waals surface area contributed by atoms with Gasteiger partial charge in [-0.15, -0.1) is 0 Å². The first-order valence-electron chi connectivity index (χ1n) is 6.20. The van der Waals surface area contributed by atoms with Crippen molar-refractivity contribution in [1.82, 2.24) is 5.32 Å². The van der Waals surface area contributed by atoms with Crippen LogP contribution in [0.4, 0.5) is 5.69 Å². The Bertz CT molecular complexity index is 422. The molecular weight excluding hydrogens is 210 g/mol. The van der Waals surface area contributed by atoms with Crippen molar-refractivity contribution in [3.05, 3.63) is 29.8 Å². The van der Waals surface area contributed by atoms with Crippen LogP contribution in [0.1, 0.15) is 18.9 Å². The molecule has 0 aromatic heterocycles. The van der Waals surface area contributed by atoms with Crippen LogP contribution in [0.3, 0.4) is 0 Å². The Kier molecular flexibility index (Phi) is 3.65. The Morgan fingerprint density at radius 2 is 2.29 bits per heavy atom. The minimum absolute atomic E-state index is 0.536. The van der Waals surface area contributed by atoms with Gasteiger partial charge in [-0.2, -0.15) is 5.26 Å². The molecule has 0 radical (unpaired) electrons. The van der Waals surface area contributed by atoms with Gasteiger partial charge in [-0.3, -0.25) is 0 Å². The first-order valence-corrected chi connectivity index (χ1v) is 6.20. The minimum atomic E-state index is 0.536. The maximum Gasteiger partial charge on any atom is 0.0992 e. The number of hydrogen-bond donors (Lipinski definition) is 1. The van der Waals surface area contributed by atoms with E-state index < -0.39 is 0 Å². The molecule has 2 rings (SSSR count). The minimum Gasteiger partial charge on any atom is -0.370 e. The summed E-state index contributed by atoms with van der Waals surface area (Å²) in [5.41, 5.74) is 1.87. The molecule has 0 bridgehead atoms. The molecule has 0 saturated carbocycles. The quantitative estimate of drug-likeness (QED) is 0.861. The monoisotopic (exact) mass is 229 g/mol. The number of nitrogens with zero attached hydrogens (tertiary/aromatic N) is 2. The van der Waals surface area contributed by atoms with Crippen LogP contribution < -0.4 is 10.2 Å². The highest BCUT2D eigenvalue weighted by Gasteiger charge is 2.28. The fraction of sp³-hybridized carbons (Fsp3) is 0.500. The maximum atomic E-state index is 8.93. The van der Waals surface area contributed by atoms with E-state index >= 15 is 0 Å². The topological polar surface area (TPSA) is 39.1 Å². The fourth-order valence-corrected chi connectivity index (χ4v) is 2.58. The highest BCUT2D eigenvalue weighted by molar-refractivity contribution is 5.52. The largest absolute Gasteiger partial charge is 0.370 e. The van der Waals surface area contributed by atoms with Crippen LogP contribution in [0.2, 0.25) is 0 Å². The predicted octanol–water partition coefficient (Wildman–Crippen LogP) is 1.99. The molecule has 2 unspecified atom stereocenters. The highest BCUT2D eigenvalue weighted by atomic mass is 15.2. The highest BCUT2D eigenvalue weighted by Crippen LogP contribution is 2.24. The van der Waals surface area contributed by atoms with E-state index in [0.29, 0.717) is 12.0 Å². The molecule has 17 heavy (non-hydrogen) atoms. The van der Waals surface area contributed by atoms with Crippen LogP contribution in [0.5, 0.6) is 0 Å². The number of likely N-dealkylation sites (N-methyl/N-ethyl adjacent to an activating group) is 1. The summed E-state index contributed by atoms with van der Waals surface area (Å²) in [6.07, 6.45) is 1.19. The molecule has 2 atom stereocenters. The summed E-state index contributed by atoms with van der Waals surface area (Å²) in [6, 6.07) is 10.6. The van der Waals surface area contributed by atoms with E-state index in [1.165, 1.54) is 6.42 Å². The van der Waals surface area contributed by atoms with E-state index in [4.69, 9.17) is 5.26 Å². The summed E-state index contributed by atoms with van der Waals surface area (Å²) in [5.74, 6) is 0.700. The second-order valence-corrected chi connectivity index (χ2v) is 4.67. The summed E-state index contributed by atoms with van der Waals surface area (Å²) in [4.78, 5) is 2.30. The van der Waals surface area contributed by atoms with Crippen LogP contribution in [-0.2, 0) is 0 Å². The zero-order valence-electron chi connectivity index (χ0n) is 10.5. The fourth-order valence-electron chi connectivity index (χ4n) is 2.58. The lowest BCUT2D eigenvalue weighted by Crippen LogP contribution is -2.37. The van der Waals surface area contributed by atoms with Crippen LogP contribution in [-0.4, -0.2) is 26.2 Å². The summed E-state index contributed by atoms with van der Waals surface area (Å²) in [5, 5.41) is 12.4. The van der Waals surface area contributed by atoms with E-state index in [1.54, 1.807) is 0 Å². The number of hydrogen-bond acceptors (Lipinski definition) is 3. The van der Waals surface area contributed by atoms with Gasteiger partial charge < -0.3 is 10.2 Å². The summed E-state index contributed by atoms with van der Waals surface area (Å²) >= 11 is 0. The lowest BCUT2D eigenvalue weighted by molar-refractivity contribution is 0.482. The van der Waals surface area contributed by atoms with Gasteiger partial charge >= 0.3 is 0 Å². The molecule has 1 N–H and O–H groups in total. The molecule has 0 spiro atoms. The summed E-state index contributed by atoms with van der Waals surface area (Å²) < 4.78 is 0. The van der Waals surface area contributed by atoms with Crippen molar-refractivity contribution in [3.63, 3.8) is 0 Å². The molecule has 1 saturated heterocycles. The second kappa shape index (κ2) is 5.20. The molecule has 0 aliphatic carbocycles. The van der Waals surface area contributed by atoms with Gasteiger partial charge in [0, 0.05) is 31.9 Å². The number of benzene rings is 1. The molecule has 1 aromatic rings. The number of anilines is 1. The number of nitriles is 1. The van der Waals surface area contributed by atoms with Gasteiger partial charge in [0.2, 0.25) is 0 Å². The van der Waals surface area contributed by atoms with Gasteiger partial charge in [0.1, 0.15) is 0 Å². The smallest absolute Gasteiger partial charge is 0.0992 e. The van der Waals surface area contributed by atoms with Crippen molar-refractivity contribution in [2.45, 2.75) is 19.4 Å². The Labute approximate surface area is 103 Å². The molecule has 0 amide bonds.